The molecule has 7 heteroatoms. The predicted molar refractivity (Wildman–Crippen MR) is 97.6 cm³/mol. The number of benzene rings is 2. The third kappa shape index (κ3) is 5.18. The molecule has 0 fully saturated rings. The van der Waals surface area contributed by atoms with Gasteiger partial charge in [0.1, 0.15) is 11.9 Å². The highest BCUT2D eigenvalue weighted by molar-refractivity contribution is 6.35. The molecule has 0 bridgehead atoms. The lowest BCUT2D eigenvalue weighted by molar-refractivity contribution is -0.118. The first-order valence-corrected chi connectivity index (χ1v) is 8.36. The Hall–Kier alpha value is -2.11. The van der Waals surface area contributed by atoms with Crippen LogP contribution in [0.2, 0.25) is 10.0 Å². The summed E-state index contributed by atoms with van der Waals surface area (Å²) in [5, 5.41) is 6.09. The molecule has 1 atom stereocenters. The van der Waals surface area contributed by atoms with Gasteiger partial charge in [0.2, 0.25) is 5.91 Å². The molecule has 2 amide bonds. The van der Waals surface area contributed by atoms with Crippen LogP contribution in [0.15, 0.2) is 42.5 Å². The number of rotatable bonds is 5. The first-order chi connectivity index (χ1) is 11.8. The first-order valence-electron chi connectivity index (χ1n) is 7.60. The van der Waals surface area contributed by atoms with Crippen LogP contribution < -0.4 is 10.6 Å². The standard InChI is InChI=1S/C18H17Cl2FN2O2/c1-10(2)16(23-17(24)11-3-6-13(21)7-4-11)18(25)22-15-9-12(19)5-8-14(15)20/h3-10,16H,1-2H3,(H,22,25)(H,23,24)/t16-/m0/s1. The molecule has 0 aliphatic carbocycles. The highest BCUT2D eigenvalue weighted by Gasteiger charge is 2.25. The highest BCUT2D eigenvalue weighted by Crippen LogP contribution is 2.25. The number of amides is 2. The largest absolute Gasteiger partial charge is 0.340 e. The van der Waals surface area contributed by atoms with Gasteiger partial charge in [-0.1, -0.05) is 37.0 Å². The Kier molecular flexibility index (Phi) is 6.39. The highest BCUT2D eigenvalue weighted by atomic mass is 35.5. The molecule has 2 rings (SSSR count). The van der Waals surface area contributed by atoms with Crippen molar-refractivity contribution in [2.24, 2.45) is 5.92 Å². The van der Waals surface area contributed by atoms with E-state index in [0.29, 0.717) is 15.7 Å². The molecular weight excluding hydrogens is 366 g/mol. The van der Waals surface area contributed by atoms with Gasteiger partial charge < -0.3 is 10.6 Å². The van der Waals surface area contributed by atoms with Crippen molar-refractivity contribution in [3.63, 3.8) is 0 Å². The predicted octanol–water partition coefficient (Wildman–Crippen LogP) is 4.53. The summed E-state index contributed by atoms with van der Waals surface area (Å²) in [6, 6.07) is 8.99. The summed E-state index contributed by atoms with van der Waals surface area (Å²) in [6.07, 6.45) is 0. The lowest BCUT2D eigenvalue weighted by atomic mass is 10.0. The van der Waals surface area contributed by atoms with Crippen molar-refractivity contribution in [2.75, 3.05) is 5.32 Å². The van der Waals surface area contributed by atoms with Crippen LogP contribution in [0.5, 0.6) is 0 Å². The van der Waals surface area contributed by atoms with Crippen LogP contribution >= 0.6 is 23.2 Å². The monoisotopic (exact) mass is 382 g/mol. The Labute approximate surface area is 155 Å². The van der Waals surface area contributed by atoms with Crippen molar-refractivity contribution in [1.82, 2.24) is 5.32 Å². The maximum Gasteiger partial charge on any atom is 0.251 e. The van der Waals surface area contributed by atoms with Gasteiger partial charge in [-0.05, 0) is 48.4 Å². The lowest BCUT2D eigenvalue weighted by Crippen LogP contribution is -2.47. The van der Waals surface area contributed by atoms with Gasteiger partial charge in [-0.25, -0.2) is 4.39 Å². The van der Waals surface area contributed by atoms with Crippen molar-refractivity contribution in [3.05, 3.63) is 63.9 Å². The van der Waals surface area contributed by atoms with Gasteiger partial charge in [0.05, 0.1) is 10.7 Å². The van der Waals surface area contributed by atoms with Crippen molar-refractivity contribution >= 4 is 40.7 Å². The Morgan fingerprint density at radius 3 is 2.28 bits per heavy atom. The fraction of sp³-hybridized carbons (Fsp3) is 0.222. The average molecular weight is 383 g/mol. The topological polar surface area (TPSA) is 58.2 Å². The second-order valence-corrected chi connectivity index (χ2v) is 6.66. The smallest absolute Gasteiger partial charge is 0.251 e. The van der Waals surface area contributed by atoms with Crippen LogP contribution in [-0.4, -0.2) is 17.9 Å². The Morgan fingerprint density at radius 2 is 1.68 bits per heavy atom. The molecule has 0 unspecified atom stereocenters. The first kappa shape index (κ1) is 19.2. The van der Waals surface area contributed by atoms with Gasteiger partial charge in [0.15, 0.2) is 0 Å². The fourth-order valence-electron chi connectivity index (χ4n) is 2.16. The van der Waals surface area contributed by atoms with Crippen LogP contribution in [0, 0.1) is 11.7 Å². The van der Waals surface area contributed by atoms with Gasteiger partial charge in [-0.3, -0.25) is 9.59 Å². The second kappa shape index (κ2) is 8.32. The minimum atomic E-state index is -0.799. The van der Waals surface area contributed by atoms with Crippen LogP contribution in [0.3, 0.4) is 0 Å². The van der Waals surface area contributed by atoms with Crippen LogP contribution in [0.1, 0.15) is 24.2 Å². The molecule has 0 saturated heterocycles. The van der Waals surface area contributed by atoms with Gasteiger partial charge in [-0.2, -0.15) is 0 Å². The van der Waals surface area contributed by atoms with E-state index < -0.39 is 23.7 Å². The normalized spacial score (nSPS) is 11.9. The molecule has 0 radical (unpaired) electrons. The average Bonchev–Trinajstić information content (AvgIpc) is 2.56. The van der Waals surface area contributed by atoms with E-state index in [2.05, 4.69) is 10.6 Å². The van der Waals surface area contributed by atoms with E-state index in [1.54, 1.807) is 26.0 Å². The zero-order chi connectivity index (χ0) is 18.6. The fourth-order valence-corrected chi connectivity index (χ4v) is 2.50. The summed E-state index contributed by atoms with van der Waals surface area (Å²) in [5.41, 5.74) is 0.626. The summed E-state index contributed by atoms with van der Waals surface area (Å²) in [4.78, 5) is 24.8. The van der Waals surface area contributed by atoms with Gasteiger partial charge in [0, 0.05) is 10.6 Å². The second-order valence-electron chi connectivity index (χ2n) is 5.82. The van der Waals surface area contributed by atoms with Crippen molar-refractivity contribution in [2.45, 2.75) is 19.9 Å². The summed E-state index contributed by atoms with van der Waals surface area (Å²) in [6.45, 7) is 3.60. The Balaban J connectivity index is 2.14. The van der Waals surface area contributed by atoms with Gasteiger partial charge in [0.25, 0.3) is 5.91 Å². The molecule has 2 aromatic rings. The van der Waals surface area contributed by atoms with E-state index in [9.17, 15) is 14.0 Å². The van der Waals surface area contributed by atoms with Crippen molar-refractivity contribution < 1.29 is 14.0 Å². The Morgan fingerprint density at radius 1 is 1.04 bits per heavy atom. The molecule has 0 heterocycles. The maximum absolute atomic E-state index is 13.0. The van der Waals surface area contributed by atoms with Crippen LogP contribution in [-0.2, 0) is 4.79 Å². The quantitative estimate of drug-likeness (QED) is 0.797. The molecule has 0 aromatic heterocycles. The molecule has 2 aromatic carbocycles. The molecule has 0 spiro atoms. The number of carbonyl (C=O) groups excluding carboxylic acids is 2. The van der Waals surface area contributed by atoms with E-state index in [1.165, 1.54) is 30.3 Å². The van der Waals surface area contributed by atoms with Crippen molar-refractivity contribution in [3.8, 4) is 0 Å². The zero-order valence-corrected chi connectivity index (χ0v) is 15.2. The van der Waals surface area contributed by atoms with Gasteiger partial charge >= 0.3 is 0 Å². The van der Waals surface area contributed by atoms with Gasteiger partial charge in [-0.15, -0.1) is 0 Å². The van der Waals surface area contributed by atoms with E-state index in [1.807, 2.05) is 0 Å². The number of carbonyl (C=O) groups is 2. The molecule has 25 heavy (non-hydrogen) atoms. The Bertz CT molecular complexity index is 779. The summed E-state index contributed by atoms with van der Waals surface area (Å²) in [7, 11) is 0. The number of hydrogen-bond donors (Lipinski definition) is 2. The number of anilines is 1. The summed E-state index contributed by atoms with van der Waals surface area (Å²) >= 11 is 12.0. The molecule has 0 aliphatic rings. The molecule has 0 saturated carbocycles. The minimum absolute atomic E-state index is 0.178. The van der Waals surface area contributed by atoms with Crippen LogP contribution in [0.25, 0.3) is 0 Å². The lowest BCUT2D eigenvalue weighted by Gasteiger charge is -2.22. The number of hydrogen-bond acceptors (Lipinski definition) is 2. The molecule has 2 N–H and O–H groups in total. The van der Waals surface area contributed by atoms with E-state index in [0.717, 1.165) is 0 Å². The van der Waals surface area contributed by atoms with E-state index in [4.69, 9.17) is 23.2 Å². The summed E-state index contributed by atoms with van der Waals surface area (Å²) < 4.78 is 13.0. The SMILES string of the molecule is CC(C)[C@H](NC(=O)c1ccc(F)cc1)C(=O)Nc1cc(Cl)ccc1Cl. The van der Waals surface area contributed by atoms with E-state index in [-0.39, 0.29) is 11.5 Å². The van der Waals surface area contributed by atoms with E-state index >= 15 is 0 Å². The molecular formula is C18H17Cl2FN2O2. The molecule has 4 nitrogen and oxygen atoms in total. The third-order valence-electron chi connectivity index (χ3n) is 3.53. The number of nitrogens with one attached hydrogen (secondary N) is 2. The molecule has 0 aliphatic heterocycles. The van der Waals surface area contributed by atoms with Crippen LogP contribution in [0.4, 0.5) is 10.1 Å². The number of halogens is 3. The maximum atomic E-state index is 13.0. The minimum Gasteiger partial charge on any atom is -0.340 e. The zero-order valence-electron chi connectivity index (χ0n) is 13.6. The summed E-state index contributed by atoms with van der Waals surface area (Å²) in [5.74, 6) is -1.51. The molecule has 132 valence electrons. The van der Waals surface area contributed by atoms with Crippen molar-refractivity contribution in [1.29, 1.82) is 0 Å². The third-order valence-corrected chi connectivity index (χ3v) is 4.09.